The first kappa shape index (κ1) is 15.5. The monoisotopic (exact) mass is 304 g/mol. The molecule has 2 aromatic rings. The third-order valence-corrected chi connectivity index (χ3v) is 3.34. The Labute approximate surface area is 129 Å². The van der Waals surface area contributed by atoms with Crippen LogP contribution in [0.15, 0.2) is 54.6 Å². The van der Waals surface area contributed by atoms with Crippen LogP contribution in [0.25, 0.3) is 0 Å². The molecule has 0 radical (unpaired) electrons. The maximum atomic E-state index is 12.5. The first-order valence-corrected chi connectivity index (χ1v) is 7.07. The highest BCUT2D eigenvalue weighted by molar-refractivity contribution is 6.30. The lowest BCUT2D eigenvalue weighted by molar-refractivity contribution is -0.166. The van der Waals surface area contributed by atoms with Gasteiger partial charge in [-0.15, -0.1) is 0 Å². The standard InChI is InChI=1S/C17H17ClO3/c1-12(2)21-16(19)17(20,13-6-4-3-5-7-13)14-8-10-15(18)11-9-14/h3-12,20H,1-2H3/t17-/m1/s1. The average Bonchev–Trinajstić information content (AvgIpc) is 2.47. The Kier molecular flexibility index (Phi) is 4.66. The molecule has 110 valence electrons. The predicted octanol–water partition coefficient (Wildman–Crippen LogP) is 3.53. The Balaban J connectivity index is 2.53. The Morgan fingerprint density at radius 3 is 2.10 bits per heavy atom. The quantitative estimate of drug-likeness (QED) is 0.879. The van der Waals surface area contributed by atoms with E-state index < -0.39 is 11.6 Å². The van der Waals surface area contributed by atoms with E-state index in [0.717, 1.165) is 0 Å². The smallest absolute Gasteiger partial charge is 0.347 e. The second-order valence-electron chi connectivity index (χ2n) is 5.04. The number of carbonyl (C=O) groups is 1. The van der Waals surface area contributed by atoms with Gasteiger partial charge in [0.15, 0.2) is 0 Å². The van der Waals surface area contributed by atoms with Crippen molar-refractivity contribution in [3.63, 3.8) is 0 Å². The summed E-state index contributed by atoms with van der Waals surface area (Å²) in [6.07, 6.45) is -0.319. The summed E-state index contributed by atoms with van der Waals surface area (Å²) >= 11 is 5.87. The van der Waals surface area contributed by atoms with Crippen molar-refractivity contribution in [3.8, 4) is 0 Å². The van der Waals surface area contributed by atoms with Gasteiger partial charge in [0.2, 0.25) is 5.60 Å². The fourth-order valence-electron chi connectivity index (χ4n) is 2.07. The van der Waals surface area contributed by atoms with Gasteiger partial charge >= 0.3 is 5.97 Å². The van der Waals surface area contributed by atoms with Crippen molar-refractivity contribution < 1.29 is 14.6 Å². The average molecular weight is 305 g/mol. The molecule has 0 unspecified atom stereocenters. The predicted molar refractivity (Wildman–Crippen MR) is 82.1 cm³/mol. The number of aliphatic hydroxyl groups is 1. The van der Waals surface area contributed by atoms with Gasteiger partial charge < -0.3 is 9.84 Å². The molecule has 4 heteroatoms. The Morgan fingerprint density at radius 2 is 1.57 bits per heavy atom. The SMILES string of the molecule is CC(C)OC(=O)[C@@](O)(c1ccccc1)c1ccc(Cl)cc1. The normalized spacial score (nSPS) is 13.8. The zero-order valence-electron chi connectivity index (χ0n) is 11.9. The van der Waals surface area contributed by atoms with Gasteiger partial charge in [-0.2, -0.15) is 0 Å². The van der Waals surface area contributed by atoms with Crippen molar-refractivity contribution in [2.75, 3.05) is 0 Å². The molecule has 21 heavy (non-hydrogen) atoms. The molecule has 0 heterocycles. The summed E-state index contributed by atoms with van der Waals surface area (Å²) in [7, 11) is 0. The van der Waals surface area contributed by atoms with Crippen LogP contribution in [0.2, 0.25) is 5.02 Å². The summed E-state index contributed by atoms with van der Waals surface area (Å²) in [5, 5.41) is 11.6. The van der Waals surface area contributed by atoms with E-state index >= 15 is 0 Å². The van der Waals surface area contributed by atoms with E-state index in [4.69, 9.17) is 16.3 Å². The molecule has 0 amide bonds. The summed E-state index contributed by atoms with van der Waals surface area (Å²) < 4.78 is 5.23. The van der Waals surface area contributed by atoms with Gasteiger partial charge in [0.05, 0.1) is 6.10 Å². The number of ether oxygens (including phenoxy) is 1. The third-order valence-electron chi connectivity index (χ3n) is 3.09. The highest BCUT2D eigenvalue weighted by atomic mass is 35.5. The molecule has 2 aromatic carbocycles. The van der Waals surface area contributed by atoms with Crippen LogP contribution in [0.1, 0.15) is 25.0 Å². The fraction of sp³-hybridized carbons (Fsp3) is 0.235. The van der Waals surface area contributed by atoms with Crippen molar-refractivity contribution in [2.45, 2.75) is 25.6 Å². The topological polar surface area (TPSA) is 46.5 Å². The van der Waals surface area contributed by atoms with Crippen molar-refractivity contribution in [2.24, 2.45) is 0 Å². The zero-order chi connectivity index (χ0) is 15.5. The number of benzene rings is 2. The lowest BCUT2D eigenvalue weighted by Crippen LogP contribution is -2.39. The van der Waals surface area contributed by atoms with Gasteiger partial charge in [-0.25, -0.2) is 4.79 Å². The fourth-order valence-corrected chi connectivity index (χ4v) is 2.20. The molecule has 1 N–H and O–H groups in total. The molecule has 3 nitrogen and oxygen atoms in total. The molecular formula is C17H17ClO3. The molecule has 0 aliphatic rings. The molecule has 1 atom stereocenters. The van der Waals surface area contributed by atoms with Gasteiger partial charge in [-0.3, -0.25) is 0 Å². The molecular weight excluding hydrogens is 288 g/mol. The van der Waals surface area contributed by atoms with Crippen LogP contribution in [0.3, 0.4) is 0 Å². The molecule has 0 spiro atoms. The van der Waals surface area contributed by atoms with Crippen LogP contribution in [0.5, 0.6) is 0 Å². The van der Waals surface area contributed by atoms with Gasteiger partial charge in [0.1, 0.15) is 0 Å². The van der Waals surface area contributed by atoms with Crippen LogP contribution in [0, 0.1) is 0 Å². The maximum Gasteiger partial charge on any atom is 0.347 e. The Bertz CT molecular complexity index is 608. The number of esters is 1. The molecule has 0 saturated heterocycles. The van der Waals surface area contributed by atoms with Gasteiger partial charge in [-0.1, -0.05) is 54.1 Å². The summed E-state index contributed by atoms with van der Waals surface area (Å²) in [6.45, 7) is 3.48. The highest BCUT2D eigenvalue weighted by Gasteiger charge is 2.42. The van der Waals surface area contributed by atoms with Crippen LogP contribution < -0.4 is 0 Å². The lowest BCUT2D eigenvalue weighted by atomic mass is 9.86. The van der Waals surface area contributed by atoms with Gasteiger partial charge in [-0.05, 0) is 37.1 Å². The molecule has 2 rings (SSSR count). The molecule has 0 aliphatic heterocycles. The largest absolute Gasteiger partial charge is 0.460 e. The van der Waals surface area contributed by atoms with E-state index in [1.54, 1.807) is 62.4 Å². The van der Waals surface area contributed by atoms with Gasteiger partial charge in [0.25, 0.3) is 0 Å². The minimum atomic E-state index is -1.85. The number of rotatable bonds is 4. The lowest BCUT2D eigenvalue weighted by Gasteiger charge is -2.28. The molecule has 0 saturated carbocycles. The summed E-state index contributed by atoms with van der Waals surface area (Å²) in [5.74, 6) is -0.703. The van der Waals surface area contributed by atoms with Crippen LogP contribution in [-0.2, 0) is 15.1 Å². The van der Waals surface area contributed by atoms with E-state index in [9.17, 15) is 9.90 Å². The number of hydrogen-bond acceptors (Lipinski definition) is 3. The van der Waals surface area contributed by atoms with Gasteiger partial charge in [0, 0.05) is 5.02 Å². The Morgan fingerprint density at radius 1 is 1.05 bits per heavy atom. The van der Waals surface area contributed by atoms with Crippen molar-refractivity contribution in [1.29, 1.82) is 0 Å². The second kappa shape index (κ2) is 6.29. The molecule has 0 fully saturated rings. The van der Waals surface area contributed by atoms with Crippen LogP contribution in [0.4, 0.5) is 0 Å². The van der Waals surface area contributed by atoms with E-state index in [-0.39, 0.29) is 6.10 Å². The van der Waals surface area contributed by atoms with Crippen LogP contribution >= 0.6 is 11.6 Å². The number of halogens is 1. The summed E-state index contributed by atoms with van der Waals surface area (Å²) in [4.78, 5) is 12.5. The maximum absolute atomic E-state index is 12.5. The Hall–Kier alpha value is -1.84. The third kappa shape index (κ3) is 3.26. The van der Waals surface area contributed by atoms with Crippen molar-refractivity contribution in [3.05, 3.63) is 70.7 Å². The van der Waals surface area contributed by atoms with E-state index in [0.29, 0.717) is 16.1 Å². The first-order chi connectivity index (χ1) is 9.94. The zero-order valence-corrected chi connectivity index (χ0v) is 12.7. The minimum absolute atomic E-state index is 0.319. The highest BCUT2D eigenvalue weighted by Crippen LogP contribution is 2.32. The van der Waals surface area contributed by atoms with Crippen molar-refractivity contribution in [1.82, 2.24) is 0 Å². The first-order valence-electron chi connectivity index (χ1n) is 6.69. The minimum Gasteiger partial charge on any atom is -0.460 e. The van der Waals surface area contributed by atoms with Crippen LogP contribution in [-0.4, -0.2) is 17.2 Å². The molecule has 0 aliphatic carbocycles. The second-order valence-corrected chi connectivity index (χ2v) is 5.47. The number of carbonyl (C=O) groups excluding carboxylic acids is 1. The summed E-state index contributed by atoms with van der Waals surface area (Å²) in [6, 6.07) is 15.2. The van der Waals surface area contributed by atoms with Crippen molar-refractivity contribution >= 4 is 17.6 Å². The number of hydrogen-bond donors (Lipinski definition) is 1. The molecule has 0 bridgehead atoms. The summed E-state index contributed by atoms with van der Waals surface area (Å²) in [5.41, 5.74) is -0.974. The van der Waals surface area contributed by atoms with E-state index in [1.165, 1.54) is 0 Å². The van der Waals surface area contributed by atoms with E-state index in [2.05, 4.69) is 0 Å². The molecule has 0 aromatic heterocycles. The van der Waals surface area contributed by atoms with E-state index in [1.807, 2.05) is 6.07 Å².